The lowest BCUT2D eigenvalue weighted by atomic mass is 10.2. The van der Waals surface area contributed by atoms with E-state index in [1.807, 2.05) is 6.07 Å². The average Bonchev–Trinajstić information content (AvgIpc) is 2.65. The highest BCUT2D eigenvalue weighted by atomic mass is 35.5. The summed E-state index contributed by atoms with van der Waals surface area (Å²) < 4.78 is 0. The largest absolute Gasteiger partial charge is 0.293 e. The highest BCUT2D eigenvalue weighted by Gasteiger charge is 2.34. The van der Waals surface area contributed by atoms with Gasteiger partial charge in [0.25, 0.3) is 11.1 Å². The molecular weight excluding hydrogens is 284 g/mol. The molecule has 0 bridgehead atoms. The van der Waals surface area contributed by atoms with Crippen LogP contribution < -0.4 is 0 Å². The van der Waals surface area contributed by atoms with Crippen molar-refractivity contribution in [2.24, 2.45) is 0 Å². The minimum Gasteiger partial charge on any atom is -0.268 e. The first kappa shape index (κ1) is 13.7. The minimum atomic E-state index is -0.347. The summed E-state index contributed by atoms with van der Waals surface area (Å²) in [6.07, 6.45) is 1.79. The number of nitriles is 1. The summed E-state index contributed by atoms with van der Waals surface area (Å²) in [5, 5.41) is 8.77. The van der Waals surface area contributed by atoms with E-state index in [4.69, 9.17) is 16.9 Å². The quantitative estimate of drug-likeness (QED) is 0.802. The molecule has 1 saturated heterocycles. The molecule has 2 amide bonds. The van der Waals surface area contributed by atoms with Crippen molar-refractivity contribution in [3.8, 4) is 6.07 Å². The second kappa shape index (κ2) is 5.91. The van der Waals surface area contributed by atoms with Gasteiger partial charge in [-0.2, -0.15) is 5.26 Å². The topological polar surface area (TPSA) is 61.2 Å². The van der Waals surface area contributed by atoms with E-state index in [2.05, 4.69) is 0 Å². The summed E-state index contributed by atoms with van der Waals surface area (Å²) in [7, 11) is 0. The van der Waals surface area contributed by atoms with Gasteiger partial charge >= 0.3 is 0 Å². The fraction of sp³-hybridized carbons (Fsp3) is 0.154. The summed E-state index contributed by atoms with van der Waals surface area (Å²) in [5.41, 5.74) is 0.801. The van der Waals surface area contributed by atoms with Gasteiger partial charge in [-0.1, -0.05) is 23.7 Å². The first-order valence-corrected chi connectivity index (χ1v) is 6.69. The van der Waals surface area contributed by atoms with E-state index in [0.717, 1.165) is 22.2 Å². The zero-order chi connectivity index (χ0) is 13.8. The first-order valence-electron chi connectivity index (χ1n) is 5.49. The van der Waals surface area contributed by atoms with Crippen LogP contribution in [0.3, 0.4) is 0 Å². The molecule has 0 aromatic heterocycles. The molecule has 1 aromatic carbocycles. The van der Waals surface area contributed by atoms with E-state index in [1.165, 1.54) is 0 Å². The van der Waals surface area contributed by atoms with Crippen LogP contribution in [0, 0.1) is 11.3 Å². The Hall–Kier alpha value is -1.77. The molecular formula is C13H9ClN2O2S. The average molecular weight is 293 g/mol. The molecule has 1 aliphatic heterocycles. The molecule has 0 radical (unpaired) electrons. The van der Waals surface area contributed by atoms with Crippen LogP contribution >= 0.6 is 23.4 Å². The van der Waals surface area contributed by atoms with E-state index in [-0.39, 0.29) is 24.1 Å². The number of rotatable bonds is 3. The van der Waals surface area contributed by atoms with Crippen molar-refractivity contribution in [1.82, 2.24) is 4.90 Å². The molecule has 4 nitrogen and oxygen atoms in total. The van der Waals surface area contributed by atoms with Crippen LogP contribution in [0.4, 0.5) is 4.79 Å². The lowest BCUT2D eigenvalue weighted by Gasteiger charge is -2.08. The monoisotopic (exact) mass is 292 g/mol. The molecule has 0 unspecified atom stereocenters. The van der Waals surface area contributed by atoms with Crippen LogP contribution in [0.2, 0.25) is 5.02 Å². The number of hydrogen-bond acceptors (Lipinski definition) is 4. The first-order chi connectivity index (χ1) is 9.11. The fourth-order valence-electron chi connectivity index (χ4n) is 1.56. The SMILES string of the molecule is N#CCCN1C(=O)SC(=Cc2ccc(Cl)cc2)C1=O. The summed E-state index contributed by atoms with van der Waals surface area (Å²) in [4.78, 5) is 25.1. The summed E-state index contributed by atoms with van der Waals surface area (Å²) in [6, 6.07) is 8.89. The van der Waals surface area contributed by atoms with Crippen LogP contribution in [0.1, 0.15) is 12.0 Å². The Morgan fingerprint density at radius 3 is 2.63 bits per heavy atom. The molecule has 1 heterocycles. The predicted molar refractivity (Wildman–Crippen MR) is 74.4 cm³/mol. The van der Waals surface area contributed by atoms with Crippen LogP contribution in [-0.4, -0.2) is 22.6 Å². The third-order valence-corrected chi connectivity index (χ3v) is 3.65. The van der Waals surface area contributed by atoms with E-state index in [0.29, 0.717) is 9.93 Å². The number of amides is 2. The predicted octanol–water partition coefficient (Wildman–Crippen LogP) is 3.29. The third kappa shape index (κ3) is 3.16. The van der Waals surface area contributed by atoms with Crippen molar-refractivity contribution in [3.63, 3.8) is 0 Å². The molecule has 2 rings (SSSR count). The molecule has 1 aliphatic rings. The Kier molecular flexibility index (Phi) is 4.25. The molecule has 0 atom stereocenters. The van der Waals surface area contributed by atoms with Crippen LogP contribution in [0.25, 0.3) is 6.08 Å². The number of carbonyl (C=O) groups is 2. The van der Waals surface area contributed by atoms with Gasteiger partial charge in [0.2, 0.25) is 0 Å². The lowest BCUT2D eigenvalue weighted by molar-refractivity contribution is -0.122. The molecule has 1 fully saturated rings. The van der Waals surface area contributed by atoms with Gasteiger partial charge < -0.3 is 0 Å². The van der Waals surface area contributed by atoms with Crippen molar-refractivity contribution in [1.29, 1.82) is 5.26 Å². The highest BCUT2D eigenvalue weighted by molar-refractivity contribution is 8.18. The number of nitrogens with zero attached hydrogens (tertiary/aromatic N) is 2. The minimum absolute atomic E-state index is 0.138. The maximum absolute atomic E-state index is 12.0. The summed E-state index contributed by atoms with van der Waals surface area (Å²) in [5.74, 6) is -0.347. The molecule has 0 aliphatic carbocycles. The van der Waals surface area contributed by atoms with Gasteiger partial charge in [0.15, 0.2) is 0 Å². The molecule has 1 aromatic rings. The standard InChI is InChI=1S/C13H9ClN2O2S/c14-10-4-2-9(3-5-10)8-11-12(17)16(7-1-6-15)13(18)19-11/h2-5,8H,1,7H2. The Bertz CT molecular complexity index is 590. The molecule has 0 spiro atoms. The van der Waals surface area contributed by atoms with Gasteiger partial charge in [0.1, 0.15) is 0 Å². The zero-order valence-corrected chi connectivity index (χ0v) is 11.4. The fourth-order valence-corrected chi connectivity index (χ4v) is 2.56. The second-order valence-corrected chi connectivity index (χ2v) is 5.22. The number of carbonyl (C=O) groups excluding carboxylic acids is 2. The van der Waals surface area contributed by atoms with Gasteiger partial charge in [-0.15, -0.1) is 0 Å². The van der Waals surface area contributed by atoms with Crippen LogP contribution in [0.5, 0.6) is 0 Å². The zero-order valence-electron chi connectivity index (χ0n) is 9.80. The van der Waals surface area contributed by atoms with Crippen molar-refractivity contribution in [2.75, 3.05) is 6.54 Å². The van der Waals surface area contributed by atoms with Gasteiger partial charge in [-0.25, -0.2) is 0 Å². The molecule has 0 saturated carbocycles. The maximum atomic E-state index is 12.0. The Morgan fingerprint density at radius 2 is 2.00 bits per heavy atom. The highest BCUT2D eigenvalue weighted by Crippen LogP contribution is 2.32. The van der Waals surface area contributed by atoms with Crippen molar-refractivity contribution < 1.29 is 9.59 Å². The van der Waals surface area contributed by atoms with Crippen LogP contribution in [0.15, 0.2) is 29.2 Å². The van der Waals surface area contributed by atoms with E-state index < -0.39 is 0 Å². The van der Waals surface area contributed by atoms with Gasteiger partial charge in [0.05, 0.1) is 17.4 Å². The summed E-state index contributed by atoms with van der Waals surface area (Å²) in [6.45, 7) is 0.138. The Balaban J connectivity index is 2.18. The van der Waals surface area contributed by atoms with Crippen molar-refractivity contribution in [3.05, 3.63) is 39.8 Å². The van der Waals surface area contributed by atoms with Crippen LogP contribution in [-0.2, 0) is 4.79 Å². The molecule has 19 heavy (non-hydrogen) atoms. The van der Waals surface area contributed by atoms with E-state index in [9.17, 15) is 9.59 Å². The molecule has 0 N–H and O–H groups in total. The maximum Gasteiger partial charge on any atom is 0.293 e. The van der Waals surface area contributed by atoms with Gasteiger partial charge in [-0.3, -0.25) is 14.5 Å². The summed E-state index contributed by atoms with van der Waals surface area (Å²) >= 11 is 6.66. The van der Waals surface area contributed by atoms with Crippen molar-refractivity contribution >= 4 is 40.6 Å². The van der Waals surface area contributed by atoms with Gasteiger partial charge in [-0.05, 0) is 35.5 Å². The number of halogens is 1. The second-order valence-electron chi connectivity index (χ2n) is 3.79. The van der Waals surface area contributed by atoms with E-state index >= 15 is 0 Å². The Labute approximate surface area is 119 Å². The van der Waals surface area contributed by atoms with Crippen molar-refractivity contribution in [2.45, 2.75) is 6.42 Å². The van der Waals surface area contributed by atoms with Gasteiger partial charge in [0, 0.05) is 11.6 Å². The molecule has 96 valence electrons. The normalized spacial score (nSPS) is 17.1. The van der Waals surface area contributed by atoms with E-state index in [1.54, 1.807) is 30.3 Å². The number of thioether (sulfide) groups is 1. The number of benzene rings is 1. The number of hydrogen-bond donors (Lipinski definition) is 0. The lowest BCUT2D eigenvalue weighted by Crippen LogP contribution is -2.28. The smallest absolute Gasteiger partial charge is 0.268 e. The molecule has 6 heteroatoms. The Morgan fingerprint density at radius 1 is 1.32 bits per heavy atom. The number of imide groups is 1. The third-order valence-electron chi connectivity index (χ3n) is 2.49.